The van der Waals surface area contributed by atoms with Crippen LogP contribution in [0.15, 0.2) is 24.3 Å². The van der Waals surface area contributed by atoms with E-state index in [0.29, 0.717) is 0 Å². The fourth-order valence-electron chi connectivity index (χ4n) is 2.97. The quantitative estimate of drug-likeness (QED) is 0.868. The average Bonchev–Trinajstić information content (AvgIpc) is 2.41. The molecular formula is C17H28N2O. The van der Waals surface area contributed by atoms with Crippen LogP contribution in [-0.2, 0) is 6.54 Å². The average molecular weight is 276 g/mol. The van der Waals surface area contributed by atoms with Crippen LogP contribution < -0.4 is 10.5 Å². The van der Waals surface area contributed by atoms with Crippen molar-refractivity contribution in [3.05, 3.63) is 29.8 Å². The SMILES string of the molecule is CC(C)Oc1ccc(CN2CCCC(CCN)C2)cc1. The van der Waals surface area contributed by atoms with Crippen LogP contribution in [0, 0.1) is 5.92 Å². The summed E-state index contributed by atoms with van der Waals surface area (Å²) < 4.78 is 5.68. The zero-order valence-corrected chi connectivity index (χ0v) is 12.8. The van der Waals surface area contributed by atoms with E-state index >= 15 is 0 Å². The van der Waals surface area contributed by atoms with Gasteiger partial charge in [-0.15, -0.1) is 0 Å². The van der Waals surface area contributed by atoms with Crippen LogP contribution in [0.1, 0.15) is 38.7 Å². The Bertz CT molecular complexity index is 386. The number of nitrogens with zero attached hydrogens (tertiary/aromatic N) is 1. The van der Waals surface area contributed by atoms with Gasteiger partial charge in [0, 0.05) is 13.1 Å². The van der Waals surface area contributed by atoms with Crippen molar-refractivity contribution in [1.82, 2.24) is 4.90 Å². The van der Waals surface area contributed by atoms with E-state index in [1.54, 1.807) is 0 Å². The van der Waals surface area contributed by atoms with Crippen LogP contribution in [0.25, 0.3) is 0 Å². The standard InChI is InChI=1S/C17H28N2O/c1-14(2)20-17-7-5-16(6-8-17)13-19-11-3-4-15(12-19)9-10-18/h5-8,14-15H,3-4,9-13,18H2,1-2H3. The zero-order valence-electron chi connectivity index (χ0n) is 12.8. The second-order valence-electron chi connectivity index (χ2n) is 6.13. The minimum absolute atomic E-state index is 0.236. The Morgan fingerprint density at radius 2 is 2.05 bits per heavy atom. The van der Waals surface area contributed by atoms with Crippen molar-refractivity contribution in [2.24, 2.45) is 11.7 Å². The van der Waals surface area contributed by atoms with Gasteiger partial charge >= 0.3 is 0 Å². The Balaban J connectivity index is 1.86. The van der Waals surface area contributed by atoms with Crippen molar-refractivity contribution in [1.29, 1.82) is 0 Å². The lowest BCUT2D eigenvalue weighted by Crippen LogP contribution is -2.35. The third-order valence-electron chi connectivity index (χ3n) is 3.88. The van der Waals surface area contributed by atoms with Gasteiger partial charge in [0.05, 0.1) is 6.10 Å². The normalized spacial score (nSPS) is 20.3. The molecule has 20 heavy (non-hydrogen) atoms. The molecule has 2 rings (SSSR count). The molecule has 0 spiro atoms. The molecule has 1 aromatic carbocycles. The van der Waals surface area contributed by atoms with Crippen LogP contribution in [0.3, 0.4) is 0 Å². The molecule has 0 saturated carbocycles. The molecule has 1 saturated heterocycles. The van der Waals surface area contributed by atoms with Gasteiger partial charge in [-0.2, -0.15) is 0 Å². The molecule has 3 heteroatoms. The molecule has 3 nitrogen and oxygen atoms in total. The highest BCUT2D eigenvalue weighted by Crippen LogP contribution is 2.21. The molecule has 112 valence electrons. The van der Waals surface area contributed by atoms with Gasteiger partial charge < -0.3 is 10.5 Å². The van der Waals surface area contributed by atoms with E-state index in [1.165, 1.54) is 31.5 Å². The minimum Gasteiger partial charge on any atom is -0.491 e. The molecule has 0 amide bonds. The number of hydrogen-bond acceptors (Lipinski definition) is 3. The molecule has 0 bridgehead atoms. The van der Waals surface area contributed by atoms with E-state index in [4.69, 9.17) is 10.5 Å². The molecule has 0 aromatic heterocycles. The third-order valence-corrected chi connectivity index (χ3v) is 3.88. The number of benzene rings is 1. The smallest absolute Gasteiger partial charge is 0.119 e. The monoisotopic (exact) mass is 276 g/mol. The molecule has 1 aliphatic heterocycles. The van der Waals surface area contributed by atoms with Gasteiger partial charge in [0.1, 0.15) is 5.75 Å². The Labute approximate surface area is 123 Å². The van der Waals surface area contributed by atoms with Gasteiger partial charge in [-0.3, -0.25) is 4.90 Å². The molecule has 1 heterocycles. The summed E-state index contributed by atoms with van der Waals surface area (Å²) in [6.07, 6.45) is 4.05. The lowest BCUT2D eigenvalue weighted by atomic mass is 9.94. The van der Waals surface area contributed by atoms with Crippen LogP contribution in [0.4, 0.5) is 0 Å². The molecule has 1 unspecified atom stereocenters. The van der Waals surface area contributed by atoms with E-state index in [2.05, 4.69) is 43.0 Å². The molecule has 1 aromatic rings. The first-order chi connectivity index (χ1) is 9.67. The number of rotatable bonds is 6. The van der Waals surface area contributed by atoms with Crippen LogP contribution in [0.2, 0.25) is 0 Å². The Morgan fingerprint density at radius 1 is 1.30 bits per heavy atom. The number of ether oxygens (including phenoxy) is 1. The molecule has 2 N–H and O–H groups in total. The first kappa shape index (κ1) is 15.3. The predicted molar refractivity (Wildman–Crippen MR) is 83.9 cm³/mol. The summed E-state index contributed by atoms with van der Waals surface area (Å²) >= 11 is 0. The summed E-state index contributed by atoms with van der Waals surface area (Å²) in [5.41, 5.74) is 7.05. The highest BCUT2D eigenvalue weighted by Gasteiger charge is 2.19. The van der Waals surface area contributed by atoms with Gasteiger partial charge in [0.25, 0.3) is 0 Å². The lowest BCUT2D eigenvalue weighted by molar-refractivity contribution is 0.163. The summed E-state index contributed by atoms with van der Waals surface area (Å²) in [7, 11) is 0. The summed E-state index contributed by atoms with van der Waals surface area (Å²) in [4.78, 5) is 2.56. The summed E-state index contributed by atoms with van der Waals surface area (Å²) in [6.45, 7) is 8.38. The van der Waals surface area contributed by atoms with Crippen molar-refractivity contribution in [3.8, 4) is 5.75 Å². The maximum absolute atomic E-state index is 5.68. The molecule has 1 fully saturated rings. The molecular weight excluding hydrogens is 248 g/mol. The highest BCUT2D eigenvalue weighted by molar-refractivity contribution is 5.27. The third kappa shape index (κ3) is 4.80. The van der Waals surface area contributed by atoms with Gasteiger partial charge in [0.2, 0.25) is 0 Å². The maximum Gasteiger partial charge on any atom is 0.119 e. The fourth-order valence-corrected chi connectivity index (χ4v) is 2.97. The minimum atomic E-state index is 0.236. The van der Waals surface area contributed by atoms with Crippen molar-refractivity contribution in [2.75, 3.05) is 19.6 Å². The predicted octanol–water partition coefficient (Wildman–Crippen LogP) is 3.03. The summed E-state index contributed by atoms with van der Waals surface area (Å²) in [6, 6.07) is 8.53. The number of hydrogen-bond donors (Lipinski definition) is 1. The van der Waals surface area contributed by atoms with E-state index in [-0.39, 0.29) is 6.10 Å². The second kappa shape index (κ2) is 7.65. The topological polar surface area (TPSA) is 38.5 Å². The molecule has 1 atom stereocenters. The van der Waals surface area contributed by atoms with Crippen molar-refractivity contribution >= 4 is 0 Å². The molecule has 1 aliphatic rings. The number of nitrogens with two attached hydrogens (primary N) is 1. The Hall–Kier alpha value is -1.06. The number of likely N-dealkylation sites (tertiary alicyclic amines) is 1. The Morgan fingerprint density at radius 3 is 2.70 bits per heavy atom. The zero-order chi connectivity index (χ0) is 14.4. The Kier molecular flexibility index (Phi) is 5.86. The molecule has 0 aliphatic carbocycles. The van der Waals surface area contributed by atoms with Gasteiger partial charge in [-0.1, -0.05) is 12.1 Å². The van der Waals surface area contributed by atoms with Gasteiger partial charge in [-0.05, 0) is 69.8 Å². The first-order valence-electron chi connectivity index (χ1n) is 7.85. The second-order valence-corrected chi connectivity index (χ2v) is 6.13. The van der Waals surface area contributed by atoms with E-state index in [0.717, 1.165) is 31.2 Å². The largest absolute Gasteiger partial charge is 0.491 e. The van der Waals surface area contributed by atoms with E-state index < -0.39 is 0 Å². The van der Waals surface area contributed by atoms with Crippen LogP contribution in [0.5, 0.6) is 5.75 Å². The van der Waals surface area contributed by atoms with E-state index in [1.807, 2.05) is 0 Å². The van der Waals surface area contributed by atoms with Gasteiger partial charge in [0.15, 0.2) is 0 Å². The molecule has 0 radical (unpaired) electrons. The summed E-state index contributed by atoms with van der Waals surface area (Å²) in [5.74, 6) is 1.75. The highest BCUT2D eigenvalue weighted by atomic mass is 16.5. The van der Waals surface area contributed by atoms with Crippen molar-refractivity contribution in [2.45, 2.75) is 45.8 Å². The maximum atomic E-state index is 5.68. The van der Waals surface area contributed by atoms with Crippen molar-refractivity contribution < 1.29 is 4.74 Å². The van der Waals surface area contributed by atoms with E-state index in [9.17, 15) is 0 Å². The van der Waals surface area contributed by atoms with Crippen LogP contribution in [-0.4, -0.2) is 30.6 Å². The van der Waals surface area contributed by atoms with Crippen molar-refractivity contribution in [3.63, 3.8) is 0 Å². The summed E-state index contributed by atoms with van der Waals surface area (Å²) in [5, 5.41) is 0. The fraction of sp³-hybridized carbons (Fsp3) is 0.647. The first-order valence-corrected chi connectivity index (χ1v) is 7.85. The number of piperidine rings is 1. The van der Waals surface area contributed by atoms with Gasteiger partial charge in [-0.25, -0.2) is 0 Å². The van der Waals surface area contributed by atoms with Crippen LogP contribution >= 0.6 is 0 Å². The lowest BCUT2D eigenvalue weighted by Gasteiger charge is -2.32.